The van der Waals surface area contributed by atoms with Crippen LogP contribution >= 0.6 is 31.9 Å². The molecule has 0 saturated heterocycles. The average Bonchev–Trinajstić information content (AvgIpc) is 2.80. The quantitative estimate of drug-likeness (QED) is 0.441. The second kappa shape index (κ2) is 6.66. The molecular formula is C20H34Br2O4. The number of fused-ring (bicyclic) bond motifs is 1. The van der Waals surface area contributed by atoms with Gasteiger partial charge in [-0.2, -0.15) is 0 Å². The van der Waals surface area contributed by atoms with Crippen molar-refractivity contribution in [3.63, 3.8) is 0 Å². The predicted molar refractivity (Wildman–Crippen MR) is 110 cm³/mol. The summed E-state index contributed by atoms with van der Waals surface area (Å²) in [5.74, 6) is -0.782. The van der Waals surface area contributed by atoms with Crippen molar-refractivity contribution in [2.45, 2.75) is 99.3 Å². The molecule has 0 radical (unpaired) electrons. The lowest BCUT2D eigenvalue weighted by molar-refractivity contribution is -0.183. The molecule has 6 heteroatoms. The van der Waals surface area contributed by atoms with E-state index in [2.05, 4.69) is 52.6 Å². The Hall–Kier alpha value is 0.800. The summed E-state index contributed by atoms with van der Waals surface area (Å²) in [6, 6.07) is 0. The molecule has 3 fully saturated rings. The molecule has 0 aliphatic heterocycles. The molecule has 0 amide bonds. The zero-order chi connectivity index (χ0) is 19.7. The molecule has 3 saturated carbocycles. The van der Waals surface area contributed by atoms with Gasteiger partial charge in [0, 0.05) is 21.5 Å². The number of aliphatic hydroxyl groups excluding tert-OH is 2. The van der Waals surface area contributed by atoms with Gasteiger partial charge in [-0.1, -0.05) is 52.6 Å². The van der Waals surface area contributed by atoms with E-state index in [1.165, 1.54) is 0 Å². The lowest BCUT2D eigenvalue weighted by atomic mass is 9.57. The van der Waals surface area contributed by atoms with E-state index < -0.39 is 29.3 Å². The van der Waals surface area contributed by atoms with E-state index in [1.807, 2.05) is 6.92 Å². The Balaban J connectivity index is 1.94. The molecule has 0 bridgehead atoms. The Bertz CT molecular complexity index is 554. The van der Waals surface area contributed by atoms with Gasteiger partial charge in [0.1, 0.15) is 0 Å². The normalized spacial score (nSPS) is 55.4. The van der Waals surface area contributed by atoms with Gasteiger partial charge in [0.15, 0.2) is 0 Å². The molecule has 0 spiro atoms. The van der Waals surface area contributed by atoms with Crippen molar-refractivity contribution in [2.24, 2.45) is 22.7 Å². The monoisotopic (exact) mass is 496 g/mol. The minimum atomic E-state index is -1.24. The molecule has 152 valence electrons. The Morgan fingerprint density at radius 3 is 2.12 bits per heavy atom. The van der Waals surface area contributed by atoms with E-state index in [-0.39, 0.29) is 21.6 Å². The maximum absolute atomic E-state index is 11.4. The lowest BCUT2D eigenvalue weighted by Crippen LogP contribution is -2.60. The van der Waals surface area contributed by atoms with Crippen LogP contribution < -0.4 is 0 Å². The van der Waals surface area contributed by atoms with Crippen LogP contribution in [0.3, 0.4) is 0 Å². The summed E-state index contributed by atoms with van der Waals surface area (Å²) in [6.45, 7) is 8.13. The topological polar surface area (TPSA) is 80.9 Å². The fraction of sp³-hybridized carbons (Fsp3) is 1.00. The first-order valence-electron chi connectivity index (χ1n) is 9.84. The summed E-state index contributed by atoms with van der Waals surface area (Å²) in [5, 5.41) is 44.8. The largest absolute Gasteiger partial charge is 0.393 e. The van der Waals surface area contributed by atoms with E-state index in [4.69, 9.17) is 0 Å². The van der Waals surface area contributed by atoms with Crippen molar-refractivity contribution in [3.8, 4) is 0 Å². The molecule has 0 aromatic heterocycles. The number of hydrogen-bond donors (Lipinski definition) is 4. The Morgan fingerprint density at radius 2 is 1.54 bits per heavy atom. The van der Waals surface area contributed by atoms with Gasteiger partial charge in [-0.15, -0.1) is 0 Å². The molecule has 0 heterocycles. The van der Waals surface area contributed by atoms with E-state index >= 15 is 0 Å². The van der Waals surface area contributed by atoms with Gasteiger partial charge in [-0.3, -0.25) is 0 Å². The van der Waals surface area contributed by atoms with E-state index in [9.17, 15) is 20.4 Å². The van der Waals surface area contributed by atoms with E-state index in [1.54, 1.807) is 0 Å². The Kier molecular flexibility index (Phi) is 5.51. The molecule has 3 aliphatic rings. The molecule has 9 atom stereocenters. The summed E-state index contributed by atoms with van der Waals surface area (Å²) in [6.07, 6.45) is 2.00. The highest BCUT2D eigenvalue weighted by atomic mass is 79.9. The smallest absolute Gasteiger partial charge is 0.0915 e. The molecule has 3 rings (SSSR count). The molecular weight excluding hydrogens is 464 g/mol. The van der Waals surface area contributed by atoms with Crippen molar-refractivity contribution in [1.82, 2.24) is 0 Å². The molecule has 0 unspecified atom stereocenters. The minimum absolute atomic E-state index is 0.145. The van der Waals surface area contributed by atoms with Crippen LogP contribution in [0, 0.1) is 22.7 Å². The number of alkyl halides is 2. The highest BCUT2D eigenvalue weighted by Crippen LogP contribution is 2.62. The van der Waals surface area contributed by atoms with Crippen LogP contribution in [-0.4, -0.2) is 53.5 Å². The molecule has 4 nitrogen and oxygen atoms in total. The zero-order valence-corrected chi connectivity index (χ0v) is 19.4. The summed E-state index contributed by atoms with van der Waals surface area (Å²) >= 11 is 7.48. The van der Waals surface area contributed by atoms with E-state index in [0.717, 1.165) is 12.8 Å². The third-order valence-electron chi connectivity index (χ3n) is 7.83. The van der Waals surface area contributed by atoms with Crippen molar-refractivity contribution in [1.29, 1.82) is 0 Å². The van der Waals surface area contributed by atoms with Crippen molar-refractivity contribution in [3.05, 3.63) is 0 Å². The van der Waals surface area contributed by atoms with Crippen LogP contribution in [0.4, 0.5) is 0 Å². The minimum Gasteiger partial charge on any atom is -0.393 e. The lowest BCUT2D eigenvalue weighted by Gasteiger charge is -2.54. The van der Waals surface area contributed by atoms with Gasteiger partial charge in [0.2, 0.25) is 0 Å². The fourth-order valence-electron chi connectivity index (χ4n) is 6.49. The number of rotatable bonds is 2. The van der Waals surface area contributed by atoms with Gasteiger partial charge in [-0.05, 0) is 56.3 Å². The number of aliphatic hydroxyl groups is 4. The SMILES string of the molecule is CC1(C)C[C@@](O)([C@H](O)[C@@H]2[C@H](O)C[C@]3(C)[C@@H](Br)CC[C@@](C)(O)[C@@H]23)CC[C@@H]1Br. The van der Waals surface area contributed by atoms with Crippen LogP contribution in [-0.2, 0) is 0 Å². The first kappa shape index (κ1) is 21.5. The predicted octanol–water partition coefficient (Wildman–Crippen LogP) is 3.36. The van der Waals surface area contributed by atoms with Gasteiger partial charge >= 0.3 is 0 Å². The highest BCUT2D eigenvalue weighted by Gasteiger charge is 2.65. The average molecular weight is 498 g/mol. The molecule has 0 aromatic carbocycles. The summed E-state index contributed by atoms with van der Waals surface area (Å²) in [7, 11) is 0. The fourth-order valence-corrected chi connectivity index (χ4v) is 7.58. The van der Waals surface area contributed by atoms with Gasteiger partial charge in [0.25, 0.3) is 0 Å². The van der Waals surface area contributed by atoms with Gasteiger partial charge in [0.05, 0.1) is 23.4 Å². The first-order chi connectivity index (χ1) is 11.7. The van der Waals surface area contributed by atoms with Crippen LogP contribution in [0.1, 0.15) is 66.2 Å². The molecule has 4 N–H and O–H groups in total. The third kappa shape index (κ3) is 3.24. The number of halogens is 2. The second-order valence-electron chi connectivity index (χ2n) is 10.4. The number of hydrogen-bond acceptors (Lipinski definition) is 4. The van der Waals surface area contributed by atoms with Crippen LogP contribution in [0.25, 0.3) is 0 Å². The standard InChI is InChI=1S/C20H34Br2O4/c1-17(2)10-20(26,8-6-12(17)21)16(24)14-11(23)9-18(3)13(22)5-7-19(4,25)15(14)18/h11-16,23-26H,5-10H2,1-4H3/t11-,12+,13+,14-,15+,16-,18-,19-,20-/m1/s1. The summed E-state index contributed by atoms with van der Waals surface area (Å²) in [5.41, 5.74) is -2.64. The maximum Gasteiger partial charge on any atom is 0.0915 e. The first-order valence-corrected chi connectivity index (χ1v) is 11.7. The van der Waals surface area contributed by atoms with Crippen LogP contribution in [0.5, 0.6) is 0 Å². The van der Waals surface area contributed by atoms with Crippen molar-refractivity contribution in [2.75, 3.05) is 0 Å². The Labute approximate surface area is 174 Å². The third-order valence-corrected chi connectivity index (χ3v) is 11.0. The molecule has 3 aliphatic carbocycles. The van der Waals surface area contributed by atoms with Gasteiger partial charge in [-0.25, -0.2) is 0 Å². The van der Waals surface area contributed by atoms with Crippen LogP contribution in [0.15, 0.2) is 0 Å². The van der Waals surface area contributed by atoms with E-state index in [0.29, 0.717) is 30.5 Å². The second-order valence-corrected chi connectivity index (χ2v) is 12.6. The van der Waals surface area contributed by atoms with Crippen LogP contribution in [0.2, 0.25) is 0 Å². The van der Waals surface area contributed by atoms with Gasteiger partial charge < -0.3 is 20.4 Å². The zero-order valence-electron chi connectivity index (χ0n) is 16.3. The Morgan fingerprint density at radius 1 is 0.962 bits per heavy atom. The summed E-state index contributed by atoms with van der Waals surface area (Å²) in [4.78, 5) is 0.488. The highest BCUT2D eigenvalue weighted by molar-refractivity contribution is 9.09. The summed E-state index contributed by atoms with van der Waals surface area (Å²) < 4.78 is 0. The molecule has 0 aromatic rings. The van der Waals surface area contributed by atoms with Crippen molar-refractivity contribution >= 4 is 31.9 Å². The molecule has 26 heavy (non-hydrogen) atoms. The maximum atomic E-state index is 11.4. The van der Waals surface area contributed by atoms with Crippen molar-refractivity contribution < 1.29 is 20.4 Å².